The third-order valence-electron chi connectivity index (χ3n) is 4.16. The quantitative estimate of drug-likeness (QED) is 0.718. The van der Waals surface area contributed by atoms with Gasteiger partial charge in [0.05, 0.1) is 18.3 Å². The van der Waals surface area contributed by atoms with Gasteiger partial charge in [0.1, 0.15) is 0 Å². The fourth-order valence-electron chi connectivity index (χ4n) is 2.81. The lowest BCUT2D eigenvalue weighted by atomic mass is 10.1. The summed E-state index contributed by atoms with van der Waals surface area (Å²) >= 11 is 1.59. The van der Waals surface area contributed by atoms with Gasteiger partial charge in [0.2, 0.25) is 11.8 Å². The first-order valence-electron chi connectivity index (χ1n) is 8.64. The molecule has 0 bridgehead atoms. The van der Waals surface area contributed by atoms with Gasteiger partial charge in [-0.05, 0) is 60.1 Å². The van der Waals surface area contributed by atoms with Crippen LogP contribution in [0.25, 0.3) is 0 Å². The zero-order chi connectivity index (χ0) is 19.1. The summed E-state index contributed by atoms with van der Waals surface area (Å²) in [5.74, 6) is -0.0749. The van der Waals surface area contributed by atoms with Gasteiger partial charge in [0.15, 0.2) is 0 Å². The van der Waals surface area contributed by atoms with E-state index >= 15 is 0 Å². The fraction of sp³-hybridized carbons (Fsp3) is 0.579. The number of thioether (sulfide) groups is 1. The van der Waals surface area contributed by atoms with Gasteiger partial charge in [-0.3, -0.25) is 14.5 Å². The molecular formula is C19H31N3O2S. The van der Waals surface area contributed by atoms with Crippen LogP contribution in [0, 0.1) is 0 Å². The van der Waals surface area contributed by atoms with Crippen molar-refractivity contribution in [2.45, 2.75) is 57.6 Å². The molecule has 2 amide bonds. The topological polar surface area (TPSA) is 52.7 Å². The van der Waals surface area contributed by atoms with Crippen LogP contribution in [0.2, 0.25) is 0 Å². The highest BCUT2D eigenvalue weighted by Gasteiger charge is 2.28. The van der Waals surface area contributed by atoms with Crippen molar-refractivity contribution in [3.8, 4) is 0 Å². The molecule has 6 heteroatoms. The Morgan fingerprint density at radius 2 is 1.64 bits per heavy atom. The predicted octanol–water partition coefficient (Wildman–Crippen LogP) is 3.31. The zero-order valence-corrected chi connectivity index (χ0v) is 17.2. The van der Waals surface area contributed by atoms with Gasteiger partial charge < -0.3 is 10.2 Å². The lowest BCUT2D eigenvalue weighted by Gasteiger charge is -2.35. The van der Waals surface area contributed by atoms with E-state index in [4.69, 9.17) is 0 Å². The highest BCUT2D eigenvalue weighted by Crippen LogP contribution is 2.24. The van der Waals surface area contributed by atoms with Crippen LogP contribution in [0.5, 0.6) is 0 Å². The van der Waals surface area contributed by atoms with Crippen molar-refractivity contribution in [2.24, 2.45) is 0 Å². The SMILES string of the molecule is CSc1ccccc1NC(=O)CN(C)C(C)C(=O)N(C(C)C)C(C)C. The van der Waals surface area contributed by atoms with Gasteiger partial charge in [0, 0.05) is 17.0 Å². The molecule has 0 saturated carbocycles. The lowest BCUT2D eigenvalue weighted by molar-refractivity contribution is -0.140. The molecular weight excluding hydrogens is 334 g/mol. The molecule has 1 aromatic carbocycles. The van der Waals surface area contributed by atoms with E-state index in [0.29, 0.717) is 0 Å². The molecule has 0 aliphatic heterocycles. The summed E-state index contributed by atoms with van der Waals surface area (Å²) in [5, 5.41) is 2.93. The standard InChI is InChI=1S/C19H31N3O2S/c1-13(2)22(14(3)4)19(24)15(5)21(6)12-18(23)20-16-10-8-9-11-17(16)25-7/h8-11,13-15H,12H2,1-7H3,(H,20,23). The molecule has 140 valence electrons. The fourth-order valence-corrected chi connectivity index (χ4v) is 3.36. The number of anilines is 1. The van der Waals surface area contributed by atoms with E-state index in [1.807, 2.05) is 70.0 Å². The number of nitrogens with one attached hydrogen (secondary N) is 1. The summed E-state index contributed by atoms with van der Waals surface area (Å²) in [4.78, 5) is 29.8. The molecule has 1 unspecified atom stereocenters. The normalized spacial score (nSPS) is 12.6. The van der Waals surface area contributed by atoms with Crippen LogP contribution in [0.3, 0.4) is 0 Å². The van der Waals surface area contributed by atoms with Crippen LogP contribution in [0.4, 0.5) is 5.69 Å². The first-order valence-corrected chi connectivity index (χ1v) is 9.86. The third-order valence-corrected chi connectivity index (χ3v) is 4.96. The number of nitrogens with zero attached hydrogens (tertiary/aromatic N) is 2. The van der Waals surface area contributed by atoms with Gasteiger partial charge >= 0.3 is 0 Å². The molecule has 0 aromatic heterocycles. The average molecular weight is 366 g/mol. The summed E-state index contributed by atoms with van der Waals surface area (Å²) in [6.07, 6.45) is 1.98. The molecule has 0 fully saturated rings. The van der Waals surface area contributed by atoms with E-state index < -0.39 is 0 Å². The molecule has 1 atom stereocenters. The minimum Gasteiger partial charge on any atom is -0.336 e. The number of para-hydroxylation sites is 1. The Bertz CT molecular complexity index is 582. The Hall–Kier alpha value is -1.53. The highest BCUT2D eigenvalue weighted by molar-refractivity contribution is 7.98. The van der Waals surface area contributed by atoms with E-state index in [1.54, 1.807) is 23.7 Å². The van der Waals surface area contributed by atoms with Gasteiger partial charge in [0.25, 0.3) is 0 Å². The average Bonchev–Trinajstić information content (AvgIpc) is 2.53. The summed E-state index contributed by atoms with van der Waals surface area (Å²) in [6.45, 7) is 10.1. The Labute approximate surface area is 156 Å². The van der Waals surface area contributed by atoms with E-state index in [2.05, 4.69) is 5.32 Å². The van der Waals surface area contributed by atoms with Crippen molar-refractivity contribution >= 4 is 29.3 Å². The van der Waals surface area contributed by atoms with Gasteiger partial charge in [-0.15, -0.1) is 11.8 Å². The molecule has 0 saturated heterocycles. The van der Waals surface area contributed by atoms with Gasteiger partial charge in [-0.1, -0.05) is 12.1 Å². The second-order valence-electron chi connectivity index (χ2n) is 6.77. The highest BCUT2D eigenvalue weighted by atomic mass is 32.2. The minimum absolute atomic E-state index is 0.0461. The number of likely N-dealkylation sites (N-methyl/N-ethyl adjacent to an activating group) is 1. The molecule has 1 rings (SSSR count). The van der Waals surface area contributed by atoms with E-state index in [9.17, 15) is 9.59 Å². The van der Waals surface area contributed by atoms with Crippen molar-refractivity contribution in [1.82, 2.24) is 9.80 Å². The molecule has 0 spiro atoms. The maximum Gasteiger partial charge on any atom is 0.240 e. The molecule has 0 aliphatic rings. The van der Waals surface area contributed by atoms with E-state index in [1.165, 1.54) is 0 Å². The summed E-state index contributed by atoms with van der Waals surface area (Å²) in [6, 6.07) is 7.61. The van der Waals surface area contributed by atoms with Crippen LogP contribution < -0.4 is 5.32 Å². The number of amides is 2. The number of carbonyl (C=O) groups excluding carboxylic acids is 2. The molecule has 1 N–H and O–H groups in total. The second kappa shape index (κ2) is 9.82. The molecule has 1 aromatic rings. The lowest BCUT2D eigenvalue weighted by Crippen LogP contribution is -2.52. The van der Waals surface area contributed by atoms with E-state index in [0.717, 1.165) is 10.6 Å². The number of hydrogen-bond donors (Lipinski definition) is 1. The third kappa shape index (κ3) is 6.04. The molecule has 0 aliphatic carbocycles. The second-order valence-corrected chi connectivity index (χ2v) is 7.62. The zero-order valence-electron chi connectivity index (χ0n) is 16.4. The number of benzene rings is 1. The summed E-state index contributed by atoms with van der Waals surface area (Å²) < 4.78 is 0. The van der Waals surface area contributed by atoms with Crippen LogP contribution in [0.15, 0.2) is 29.2 Å². The van der Waals surface area contributed by atoms with Crippen molar-refractivity contribution in [1.29, 1.82) is 0 Å². The number of hydrogen-bond acceptors (Lipinski definition) is 4. The minimum atomic E-state index is -0.355. The maximum absolute atomic E-state index is 12.8. The van der Waals surface area contributed by atoms with Crippen LogP contribution >= 0.6 is 11.8 Å². The van der Waals surface area contributed by atoms with Gasteiger partial charge in [-0.25, -0.2) is 0 Å². The maximum atomic E-state index is 12.8. The first-order chi connectivity index (χ1) is 11.7. The Balaban J connectivity index is 2.72. The summed E-state index contributed by atoms with van der Waals surface area (Å²) in [5.41, 5.74) is 0.804. The molecule has 0 radical (unpaired) electrons. The predicted molar refractivity (Wildman–Crippen MR) is 106 cm³/mol. The monoisotopic (exact) mass is 365 g/mol. The summed E-state index contributed by atoms with van der Waals surface area (Å²) in [7, 11) is 1.81. The van der Waals surface area contributed by atoms with Gasteiger partial charge in [-0.2, -0.15) is 0 Å². The molecule has 0 heterocycles. The molecule has 5 nitrogen and oxygen atoms in total. The smallest absolute Gasteiger partial charge is 0.240 e. The Morgan fingerprint density at radius 3 is 2.16 bits per heavy atom. The van der Waals surface area contributed by atoms with Crippen molar-refractivity contribution in [2.75, 3.05) is 25.2 Å². The van der Waals surface area contributed by atoms with Crippen molar-refractivity contribution in [3.05, 3.63) is 24.3 Å². The largest absolute Gasteiger partial charge is 0.336 e. The first kappa shape index (κ1) is 21.5. The van der Waals surface area contributed by atoms with Crippen molar-refractivity contribution in [3.63, 3.8) is 0 Å². The van der Waals surface area contributed by atoms with E-state index in [-0.39, 0.29) is 36.5 Å². The van der Waals surface area contributed by atoms with Crippen molar-refractivity contribution < 1.29 is 9.59 Å². The number of carbonyl (C=O) groups is 2. The van der Waals surface area contributed by atoms with Crippen LogP contribution in [-0.4, -0.2) is 59.6 Å². The van der Waals surface area contributed by atoms with Crippen LogP contribution in [0.1, 0.15) is 34.6 Å². The van der Waals surface area contributed by atoms with Crippen LogP contribution in [-0.2, 0) is 9.59 Å². The molecule has 25 heavy (non-hydrogen) atoms. The number of rotatable bonds is 8. The Morgan fingerprint density at radius 1 is 1.08 bits per heavy atom. The Kier molecular flexibility index (Phi) is 8.45.